The molecule has 0 unspecified atom stereocenters. The Labute approximate surface area is 163 Å². The number of benzene rings is 1. The molecular weight excluding hydrogens is 357 g/mol. The van der Waals surface area contributed by atoms with Crippen LogP contribution in [0.5, 0.6) is 0 Å². The Morgan fingerprint density at radius 2 is 1.93 bits per heavy atom. The van der Waals surface area contributed by atoms with Gasteiger partial charge in [0, 0.05) is 38.1 Å². The van der Waals surface area contributed by atoms with E-state index in [2.05, 4.69) is 30.4 Å². The summed E-state index contributed by atoms with van der Waals surface area (Å²) in [5.41, 5.74) is 4.00. The molecule has 0 spiro atoms. The van der Waals surface area contributed by atoms with E-state index >= 15 is 0 Å². The van der Waals surface area contributed by atoms with Crippen molar-refractivity contribution in [3.05, 3.63) is 48.7 Å². The lowest BCUT2D eigenvalue weighted by atomic mass is 10.0. The maximum Gasteiger partial charge on any atom is 0.179 e. The second kappa shape index (κ2) is 7.39. The molecule has 4 heterocycles. The lowest BCUT2D eigenvalue weighted by Crippen LogP contribution is -2.38. The fraction of sp³-hybridized carbons (Fsp3) is 0.429. The van der Waals surface area contributed by atoms with Crippen LogP contribution in [0, 0.1) is 5.82 Å². The van der Waals surface area contributed by atoms with Crippen LogP contribution in [0.4, 0.5) is 15.8 Å². The average molecular weight is 381 g/mol. The van der Waals surface area contributed by atoms with E-state index in [0.29, 0.717) is 0 Å². The van der Waals surface area contributed by atoms with Crippen LogP contribution in [0.3, 0.4) is 0 Å². The molecular formula is C21H24FN5O. The summed E-state index contributed by atoms with van der Waals surface area (Å²) in [7, 11) is 0. The first-order valence-electron chi connectivity index (χ1n) is 9.94. The average Bonchev–Trinajstić information content (AvgIpc) is 3.19. The van der Waals surface area contributed by atoms with Crippen molar-refractivity contribution in [3.8, 4) is 0 Å². The second-order valence-corrected chi connectivity index (χ2v) is 7.48. The summed E-state index contributed by atoms with van der Waals surface area (Å²) >= 11 is 0. The summed E-state index contributed by atoms with van der Waals surface area (Å²) in [5, 5.41) is 0. The van der Waals surface area contributed by atoms with Gasteiger partial charge in [-0.2, -0.15) is 0 Å². The van der Waals surface area contributed by atoms with Gasteiger partial charge in [-0.3, -0.25) is 0 Å². The number of pyridine rings is 1. The van der Waals surface area contributed by atoms with Crippen LogP contribution in [0.2, 0.25) is 0 Å². The highest BCUT2D eigenvalue weighted by atomic mass is 19.1. The van der Waals surface area contributed by atoms with Gasteiger partial charge in [0.25, 0.3) is 0 Å². The van der Waals surface area contributed by atoms with Crippen molar-refractivity contribution in [1.29, 1.82) is 0 Å². The quantitative estimate of drug-likeness (QED) is 0.697. The number of hydrogen-bond donors (Lipinski definition) is 0. The van der Waals surface area contributed by atoms with E-state index in [1.807, 2.05) is 18.6 Å². The number of ether oxygens (including phenoxy) is 1. The van der Waals surface area contributed by atoms with Gasteiger partial charge in [0.15, 0.2) is 5.65 Å². The summed E-state index contributed by atoms with van der Waals surface area (Å²) < 4.78 is 21.5. The van der Waals surface area contributed by atoms with E-state index in [4.69, 9.17) is 4.74 Å². The Kier molecular flexibility index (Phi) is 4.60. The number of nitrogens with zero attached hydrogens (tertiary/aromatic N) is 5. The molecule has 1 atom stereocenters. The Bertz CT molecular complexity index is 968. The number of aromatic nitrogens is 3. The summed E-state index contributed by atoms with van der Waals surface area (Å²) in [6.07, 6.45) is 5.90. The molecule has 2 aliphatic rings. The largest absolute Gasteiger partial charge is 0.378 e. The minimum Gasteiger partial charge on any atom is -0.378 e. The zero-order valence-electron chi connectivity index (χ0n) is 15.8. The first-order chi connectivity index (χ1) is 13.8. The van der Waals surface area contributed by atoms with Gasteiger partial charge in [0.1, 0.15) is 11.3 Å². The monoisotopic (exact) mass is 381 g/mol. The fourth-order valence-electron chi connectivity index (χ4n) is 4.38. The number of anilines is 2. The van der Waals surface area contributed by atoms with E-state index in [0.717, 1.165) is 69.1 Å². The lowest BCUT2D eigenvalue weighted by molar-refractivity contribution is 0.123. The molecule has 0 aliphatic carbocycles. The summed E-state index contributed by atoms with van der Waals surface area (Å²) in [6, 6.07) is 9.24. The molecule has 2 fully saturated rings. The third-order valence-corrected chi connectivity index (χ3v) is 5.76. The molecule has 6 nitrogen and oxygen atoms in total. The molecule has 7 heteroatoms. The van der Waals surface area contributed by atoms with E-state index in [9.17, 15) is 4.39 Å². The molecule has 1 aromatic carbocycles. The number of rotatable bonds is 3. The van der Waals surface area contributed by atoms with Crippen LogP contribution >= 0.6 is 0 Å². The molecule has 0 bridgehead atoms. The molecule has 0 saturated carbocycles. The van der Waals surface area contributed by atoms with Gasteiger partial charge in [-0.15, -0.1) is 0 Å². The molecule has 2 saturated heterocycles. The predicted molar refractivity (Wildman–Crippen MR) is 107 cm³/mol. The number of imidazole rings is 1. The molecule has 146 valence electrons. The van der Waals surface area contributed by atoms with Crippen LogP contribution in [-0.2, 0) is 4.74 Å². The highest BCUT2D eigenvalue weighted by Crippen LogP contribution is 2.32. The third-order valence-electron chi connectivity index (χ3n) is 5.76. The van der Waals surface area contributed by atoms with E-state index in [-0.39, 0.29) is 11.9 Å². The zero-order chi connectivity index (χ0) is 18.9. The van der Waals surface area contributed by atoms with Crippen LogP contribution < -0.4 is 9.80 Å². The van der Waals surface area contributed by atoms with Crippen LogP contribution in [0.1, 0.15) is 18.9 Å². The maximum atomic E-state index is 13.7. The minimum atomic E-state index is -0.188. The van der Waals surface area contributed by atoms with Crippen LogP contribution in [0.25, 0.3) is 11.2 Å². The van der Waals surface area contributed by atoms with Crippen molar-refractivity contribution >= 4 is 22.5 Å². The van der Waals surface area contributed by atoms with Crippen molar-refractivity contribution in [2.75, 3.05) is 49.2 Å². The van der Waals surface area contributed by atoms with Gasteiger partial charge in [0.2, 0.25) is 0 Å². The Balaban J connectivity index is 1.48. The predicted octanol–water partition coefficient (Wildman–Crippen LogP) is 3.25. The third kappa shape index (κ3) is 3.20. The van der Waals surface area contributed by atoms with Crippen molar-refractivity contribution < 1.29 is 9.13 Å². The van der Waals surface area contributed by atoms with Crippen molar-refractivity contribution in [1.82, 2.24) is 14.5 Å². The number of morpholine rings is 1. The van der Waals surface area contributed by atoms with E-state index in [1.165, 1.54) is 11.8 Å². The molecule has 2 aromatic heterocycles. The van der Waals surface area contributed by atoms with Crippen LogP contribution in [0.15, 0.2) is 42.9 Å². The summed E-state index contributed by atoms with van der Waals surface area (Å²) in [5.74, 6) is -0.188. The molecule has 0 N–H and O–H groups in total. The molecule has 28 heavy (non-hydrogen) atoms. The zero-order valence-corrected chi connectivity index (χ0v) is 15.8. The first-order valence-corrected chi connectivity index (χ1v) is 9.94. The second-order valence-electron chi connectivity index (χ2n) is 7.48. The number of hydrogen-bond acceptors (Lipinski definition) is 5. The number of halogens is 1. The molecule has 0 radical (unpaired) electrons. The molecule has 0 amide bonds. The van der Waals surface area contributed by atoms with E-state index < -0.39 is 0 Å². The molecule has 2 aliphatic heterocycles. The summed E-state index contributed by atoms with van der Waals surface area (Å²) in [4.78, 5) is 13.7. The lowest BCUT2D eigenvalue weighted by Gasteiger charge is -2.36. The number of fused-ring (bicyclic) bond motifs is 1. The van der Waals surface area contributed by atoms with Gasteiger partial charge in [0.05, 0.1) is 31.3 Å². The van der Waals surface area contributed by atoms with Gasteiger partial charge in [-0.25, -0.2) is 14.4 Å². The molecule has 5 rings (SSSR count). The Hall–Kier alpha value is -2.67. The minimum absolute atomic E-state index is 0.188. The first kappa shape index (κ1) is 17.4. The smallest absolute Gasteiger partial charge is 0.179 e. The van der Waals surface area contributed by atoms with Gasteiger partial charge in [-0.05, 0) is 37.1 Å². The van der Waals surface area contributed by atoms with Gasteiger partial charge in [-0.1, -0.05) is 6.07 Å². The van der Waals surface area contributed by atoms with Gasteiger partial charge < -0.3 is 19.1 Å². The SMILES string of the molecule is Fc1cccc(N2CCC[C@@H](n3cnc4nccc(N5CCOCC5)c43)C2)c1. The standard InChI is InChI=1S/C21H24FN5O/c22-16-3-1-4-17(13-16)26-8-2-5-18(14-26)27-15-24-21-20(27)19(6-7-23-21)25-9-11-28-12-10-25/h1,3-4,6-7,13,15,18H,2,5,8-12,14H2/t18-/m1/s1. The normalized spacial score (nSPS) is 20.7. The topological polar surface area (TPSA) is 46.4 Å². The Morgan fingerprint density at radius 3 is 2.79 bits per heavy atom. The Morgan fingerprint density at radius 1 is 1.04 bits per heavy atom. The summed E-state index contributed by atoms with van der Waals surface area (Å²) in [6.45, 7) is 5.03. The molecule has 3 aromatic rings. The van der Waals surface area contributed by atoms with Crippen LogP contribution in [-0.4, -0.2) is 53.9 Å². The van der Waals surface area contributed by atoms with Crippen molar-refractivity contribution in [2.45, 2.75) is 18.9 Å². The highest BCUT2D eigenvalue weighted by molar-refractivity contribution is 5.86. The maximum absolute atomic E-state index is 13.7. The van der Waals surface area contributed by atoms with Crippen molar-refractivity contribution in [2.24, 2.45) is 0 Å². The number of piperidine rings is 1. The highest BCUT2D eigenvalue weighted by Gasteiger charge is 2.25. The fourth-order valence-corrected chi connectivity index (χ4v) is 4.38. The van der Waals surface area contributed by atoms with Crippen molar-refractivity contribution in [3.63, 3.8) is 0 Å². The van der Waals surface area contributed by atoms with Gasteiger partial charge >= 0.3 is 0 Å². The van der Waals surface area contributed by atoms with E-state index in [1.54, 1.807) is 12.1 Å².